The first-order valence-corrected chi connectivity index (χ1v) is 7.76. The van der Waals surface area contributed by atoms with Gasteiger partial charge in [0.15, 0.2) is 5.82 Å². The monoisotopic (exact) mass is 310 g/mol. The average Bonchev–Trinajstić information content (AvgIpc) is 3.27. The molecule has 118 valence electrons. The minimum atomic E-state index is 0.242. The van der Waals surface area contributed by atoms with Gasteiger partial charge in [0.25, 0.3) is 5.89 Å². The van der Waals surface area contributed by atoms with Crippen LogP contribution in [0.25, 0.3) is 17.1 Å². The van der Waals surface area contributed by atoms with E-state index in [1.807, 2.05) is 42.8 Å². The zero-order valence-corrected chi connectivity index (χ0v) is 13.2. The summed E-state index contributed by atoms with van der Waals surface area (Å²) >= 11 is 0. The first-order valence-electron chi connectivity index (χ1n) is 7.76. The van der Waals surface area contributed by atoms with E-state index in [1.165, 1.54) is 0 Å². The second-order valence-corrected chi connectivity index (χ2v) is 5.91. The molecule has 1 unspecified atom stereocenters. The average molecular weight is 310 g/mol. The van der Waals surface area contributed by atoms with Crippen LogP contribution >= 0.6 is 0 Å². The first kappa shape index (κ1) is 14.1. The van der Waals surface area contributed by atoms with Crippen molar-refractivity contribution in [1.29, 1.82) is 0 Å². The van der Waals surface area contributed by atoms with E-state index < -0.39 is 0 Å². The van der Waals surface area contributed by atoms with E-state index in [4.69, 9.17) is 9.26 Å². The van der Waals surface area contributed by atoms with Crippen LogP contribution in [-0.4, -0.2) is 33.1 Å². The van der Waals surface area contributed by atoms with Crippen molar-refractivity contribution >= 4 is 0 Å². The van der Waals surface area contributed by atoms with E-state index in [0.29, 0.717) is 12.5 Å². The minimum absolute atomic E-state index is 0.242. The summed E-state index contributed by atoms with van der Waals surface area (Å²) in [5.74, 6) is 1.51. The van der Waals surface area contributed by atoms with E-state index in [1.54, 1.807) is 0 Å². The van der Waals surface area contributed by atoms with Crippen molar-refractivity contribution in [3.8, 4) is 17.1 Å². The van der Waals surface area contributed by atoms with E-state index in [2.05, 4.69) is 21.3 Å². The quantitative estimate of drug-likeness (QED) is 0.744. The molecule has 3 aromatic rings. The Morgan fingerprint density at radius 3 is 2.87 bits per heavy atom. The Kier molecular flexibility index (Phi) is 3.46. The molecule has 1 fully saturated rings. The second-order valence-electron chi connectivity index (χ2n) is 5.91. The minimum Gasteiger partial charge on any atom is -0.381 e. The molecule has 23 heavy (non-hydrogen) atoms. The highest BCUT2D eigenvalue weighted by Gasteiger charge is 2.23. The summed E-state index contributed by atoms with van der Waals surface area (Å²) < 4.78 is 12.7. The number of hydrogen-bond acceptors (Lipinski definition) is 5. The van der Waals surface area contributed by atoms with Crippen LogP contribution in [0.3, 0.4) is 0 Å². The van der Waals surface area contributed by atoms with Crippen molar-refractivity contribution < 1.29 is 9.26 Å². The molecule has 6 heteroatoms. The van der Waals surface area contributed by atoms with E-state index in [0.717, 1.165) is 41.5 Å². The molecule has 0 spiro atoms. The van der Waals surface area contributed by atoms with Gasteiger partial charge in [-0.15, -0.1) is 0 Å². The number of nitrogens with zero attached hydrogens (tertiary/aromatic N) is 4. The lowest BCUT2D eigenvalue weighted by atomic mass is 10.1. The van der Waals surface area contributed by atoms with Crippen molar-refractivity contribution in [2.24, 2.45) is 0 Å². The van der Waals surface area contributed by atoms with Gasteiger partial charge in [-0.2, -0.15) is 10.1 Å². The molecule has 4 rings (SSSR count). The molecule has 3 heterocycles. The summed E-state index contributed by atoms with van der Waals surface area (Å²) in [5, 5.41) is 8.63. The molecule has 1 atom stereocenters. The lowest BCUT2D eigenvalue weighted by molar-refractivity contribution is 0.192. The third kappa shape index (κ3) is 2.66. The molecule has 1 saturated heterocycles. The van der Waals surface area contributed by atoms with Gasteiger partial charge in [0.1, 0.15) is 0 Å². The van der Waals surface area contributed by atoms with Crippen molar-refractivity contribution in [3.05, 3.63) is 47.5 Å². The number of aryl methyl sites for hydroxylation is 2. The largest absolute Gasteiger partial charge is 0.381 e. The van der Waals surface area contributed by atoms with Gasteiger partial charge in [-0.1, -0.05) is 11.2 Å². The van der Waals surface area contributed by atoms with Crippen molar-refractivity contribution in [1.82, 2.24) is 19.9 Å². The van der Waals surface area contributed by atoms with Crippen LogP contribution < -0.4 is 0 Å². The molecule has 0 radical (unpaired) electrons. The molecule has 1 aliphatic heterocycles. The highest BCUT2D eigenvalue weighted by Crippen LogP contribution is 2.26. The number of aromatic nitrogens is 4. The van der Waals surface area contributed by atoms with Crippen molar-refractivity contribution in [2.75, 3.05) is 13.2 Å². The topological polar surface area (TPSA) is 66.0 Å². The molecule has 1 aromatic carbocycles. The standard InChI is InChI=1S/C17H18N4O2/c1-11-8-12(2)21(19-11)15-5-3-4-13(9-15)17-18-16(20-23-17)14-6-7-22-10-14/h3-5,8-9,14H,6-7,10H2,1-2H3. The fourth-order valence-corrected chi connectivity index (χ4v) is 2.92. The van der Waals surface area contributed by atoms with E-state index in [-0.39, 0.29) is 5.92 Å². The Morgan fingerprint density at radius 1 is 1.22 bits per heavy atom. The Balaban J connectivity index is 1.67. The van der Waals surface area contributed by atoms with E-state index in [9.17, 15) is 0 Å². The number of ether oxygens (including phenoxy) is 1. The van der Waals surface area contributed by atoms with Gasteiger partial charge in [0, 0.05) is 23.8 Å². The summed E-state index contributed by atoms with van der Waals surface area (Å²) in [6.45, 7) is 5.46. The number of benzene rings is 1. The molecular formula is C17H18N4O2. The lowest BCUT2D eigenvalue weighted by Crippen LogP contribution is -2.00. The van der Waals surface area contributed by atoms with Crippen LogP contribution in [0.1, 0.15) is 29.6 Å². The van der Waals surface area contributed by atoms with Gasteiger partial charge < -0.3 is 9.26 Å². The summed E-state index contributed by atoms with van der Waals surface area (Å²) in [5.41, 5.74) is 3.97. The van der Waals surface area contributed by atoms with Crippen LogP contribution in [0.5, 0.6) is 0 Å². The Morgan fingerprint density at radius 2 is 2.13 bits per heavy atom. The van der Waals surface area contributed by atoms with Gasteiger partial charge in [-0.25, -0.2) is 4.68 Å². The molecule has 0 amide bonds. The van der Waals surface area contributed by atoms with Crippen molar-refractivity contribution in [3.63, 3.8) is 0 Å². The lowest BCUT2D eigenvalue weighted by Gasteiger charge is -2.05. The zero-order valence-electron chi connectivity index (χ0n) is 13.2. The third-order valence-electron chi connectivity index (χ3n) is 4.08. The fraction of sp³-hybridized carbons (Fsp3) is 0.353. The highest BCUT2D eigenvalue weighted by molar-refractivity contribution is 5.57. The van der Waals surface area contributed by atoms with Crippen LogP contribution in [0, 0.1) is 13.8 Å². The van der Waals surface area contributed by atoms with Gasteiger partial charge in [-0.3, -0.25) is 0 Å². The second kappa shape index (κ2) is 5.62. The smallest absolute Gasteiger partial charge is 0.258 e. The van der Waals surface area contributed by atoms with E-state index >= 15 is 0 Å². The molecule has 1 aliphatic rings. The third-order valence-corrected chi connectivity index (χ3v) is 4.08. The molecule has 0 bridgehead atoms. The van der Waals surface area contributed by atoms with Gasteiger partial charge >= 0.3 is 0 Å². The number of hydrogen-bond donors (Lipinski definition) is 0. The zero-order chi connectivity index (χ0) is 15.8. The Bertz CT molecular complexity index is 831. The molecule has 0 aliphatic carbocycles. The van der Waals surface area contributed by atoms with Gasteiger partial charge in [0.05, 0.1) is 18.0 Å². The Labute approximate surface area is 134 Å². The molecule has 2 aromatic heterocycles. The maximum Gasteiger partial charge on any atom is 0.258 e. The van der Waals surface area contributed by atoms with Crippen LogP contribution in [0.4, 0.5) is 0 Å². The normalized spacial score (nSPS) is 17.7. The summed E-state index contributed by atoms with van der Waals surface area (Å²) in [6.07, 6.45) is 0.949. The maximum atomic E-state index is 5.44. The van der Waals surface area contributed by atoms with Crippen LogP contribution in [0.2, 0.25) is 0 Å². The maximum absolute atomic E-state index is 5.44. The van der Waals surface area contributed by atoms with Crippen LogP contribution in [-0.2, 0) is 4.74 Å². The molecule has 0 N–H and O–H groups in total. The SMILES string of the molecule is Cc1cc(C)n(-c2cccc(-c3nc(C4CCOC4)no3)c2)n1. The Hall–Kier alpha value is -2.47. The first-order chi connectivity index (χ1) is 11.2. The highest BCUT2D eigenvalue weighted by atomic mass is 16.5. The van der Waals surface area contributed by atoms with Crippen LogP contribution in [0.15, 0.2) is 34.9 Å². The molecule has 6 nitrogen and oxygen atoms in total. The predicted octanol–water partition coefficient (Wildman–Crippen LogP) is 3.04. The summed E-state index contributed by atoms with van der Waals surface area (Å²) in [6, 6.07) is 10.0. The summed E-state index contributed by atoms with van der Waals surface area (Å²) in [4.78, 5) is 4.54. The summed E-state index contributed by atoms with van der Waals surface area (Å²) in [7, 11) is 0. The predicted molar refractivity (Wildman–Crippen MR) is 84.5 cm³/mol. The van der Waals surface area contributed by atoms with Crippen molar-refractivity contribution in [2.45, 2.75) is 26.2 Å². The number of rotatable bonds is 3. The molecule has 0 saturated carbocycles. The van der Waals surface area contributed by atoms with Gasteiger partial charge in [0.2, 0.25) is 0 Å². The molecular weight excluding hydrogens is 292 g/mol. The van der Waals surface area contributed by atoms with Gasteiger partial charge in [-0.05, 0) is 44.5 Å². The fourth-order valence-electron chi connectivity index (χ4n) is 2.92.